The summed E-state index contributed by atoms with van der Waals surface area (Å²) in [7, 11) is 1.88. The summed E-state index contributed by atoms with van der Waals surface area (Å²) in [6.45, 7) is 1.69. The third-order valence-electron chi connectivity index (χ3n) is 5.98. The number of aromatic nitrogens is 1. The molecule has 0 saturated heterocycles. The zero-order valence-electron chi connectivity index (χ0n) is 18.2. The fourth-order valence-corrected chi connectivity index (χ4v) is 5.56. The van der Waals surface area contributed by atoms with E-state index in [1.807, 2.05) is 38.5 Å². The molecule has 3 aromatic carbocycles. The topological polar surface area (TPSA) is 74.6 Å². The van der Waals surface area contributed by atoms with E-state index in [-0.39, 0.29) is 10.8 Å². The van der Waals surface area contributed by atoms with Crippen molar-refractivity contribution in [2.24, 2.45) is 0 Å². The van der Waals surface area contributed by atoms with Crippen molar-refractivity contribution in [3.05, 3.63) is 66.4 Å². The first-order valence-electron chi connectivity index (χ1n) is 10.4. The minimum absolute atomic E-state index is 0.128. The third-order valence-corrected chi connectivity index (χ3v) is 7.42. The summed E-state index contributed by atoms with van der Waals surface area (Å²) in [6.07, 6.45) is 2.02. The molecule has 0 atom stereocenters. The van der Waals surface area contributed by atoms with Crippen LogP contribution in [0, 0.1) is 0 Å². The predicted molar refractivity (Wildman–Crippen MR) is 128 cm³/mol. The summed E-state index contributed by atoms with van der Waals surface area (Å²) < 4.78 is 31.6. The van der Waals surface area contributed by atoms with Gasteiger partial charge in [-0.25, -0.2) is 8.42 Å². The molecule has 0 unspecified atom stereocenters. The second kappa shape index (κ2) is 7.36. The number of carbonyl (C=O) groups excluding carboxylic acids is 1. The molecule has 0 aliphatic carbocycles. The number of hydrogen-bond donors (Lipinski definition) is 1. The molecule has 7 nitrogen and oxygen atoms in total. The molecule has 32 heavy (non-hydrogen) atoms. The van der Waals surface area contributed by atoms with Crippen LogP contribution < -0.4 is 9.62 Å². The van der Waals surface area contributed by atoms with Gasteiger partial charge in [-0.2, -0.15) is 0 Å². The van der Waals surface area contributed by atoms with Crippen LogP contribution >= 0.6 is 0 Å². The van der Waals surface area contributed by atoms with Gasteiger partial charge in [0.1, 0.15) is 0 Å². The van der Waals surface area contributed by atoms with Crippen LogP contribution in [0.3, 0.4) is 0 Å². The van der Waals surface area contributed by atoms with Crippen molar-refractivity contribution in [2.75, 3.05) is 37.3 Å². The summed E-state index contributed by atoms with van der Waals surface area (Å²) >= 11 is 0. The van der Waals surface area contributed by atoms with E-state index in [0.717, 1.165) is 29.7 Å². The van der Waals surface area contributed by atoms with Crippen molar-refractivity contribution >= 4 is 49.0 Å². The SMILES string of the molecule is CN(C)CCn1ccc2ccc(NS(=O)(=O)c3ccc4c5c(cccc35)C(=O)N4C)cc21. The van der Waals surface area contributed by atoms with Crippen LogP contribution in [0.15, 0.2) is 65.7 Å². The molecule has 1 N–H and O–H groups in total. The van der Waals surface area contributed by atoms with Gasteiger partial charge in [0.15, 0.2) is 0 Å². The normalized spacial score (nSPS) is 13.6. The van der Waals surface area contributed by atoms with Gasteiger partial charge in [0.2, 0.25) is 0 Å². The lowest BCUT2D eigenvalue weighted by molar-refractivity contribution is 0.0999. The van der Waals surface area contributed by atoms with Crippen molar-refractivity contribution in [2.45, 2.75) is 11.4 Å². The standard InChI is InChI=1S/C24H24N4O3S/c1-26(2)13-14-28-12-11-16-7-8-17(15-21(16)28)25-32(30,31)22-10-9-20-23-18(22)5-4-6-19(23)24(29)27(20)3/h4-12,15,25H,13-14H2,1-3H3. The Bertz CT molecular complexity index is 1490. The Morgan fingerprint density at radius 2 is 1.84 bits per heavy atom. The second-order valence-electron chi connectivity index (χ2n) is 8.37. The molecule has 5 rings (SSSR count). The zero-order valence-corrected chi connectivity index (χ0v) is 19.0. The number of benzene rings is 3. The highest BCUT2D eigenvalue weighted by molar-refractivity contribution is 7.93. The summed E-state index contributed by atoms with van der Waals surface area (Å²) in [5, 5.41) is 2.27. The van der Waals surface area contributed by atoms with E-state index in [1.54, 1.807) is 48.3 Å². The Labute approximate surface area is 186 Å². The molecule has 0 spiro atoms. The van der Waals surface area contributed by atoms with E-state index in [1.165, 1.54) is 0 Å². The van der Waals surface area contributed by atoms with E-state index >= 15 is 0 Å². The lowest BCUT2D eigenvalue weighted by Crippen LogP contribution is -2.20. The van der Waals surface area contributed by atoms with Crippen LogP contribution in [-0.2, 0) is 16.6 Å². The molecule has 0 fully saturated rings. The van der Waals surface area contributed by atoms with Crippen LogP contribution in [0.4, 0.5) is 11.4 Å². The van der Waals surface area contributed by atoms with Gasteiger partial charge in [-0.05, 0) is 55.9 Å². The number of hydrogen-bond acceptors (Lipinski definition) is 4. The predicted octanol–water partition coefficient (Wildman–Crippen LogP) is 3.75. The fraction of sp³-hybridized carbons (Fsp3) is 0.208. The number of likely N-dealkylation sites (N-methyl/N-ethyl adjacent to an activating group) is 1. The van der Waals surface area contributed by atoms with Crippen molar-refractivity contribution < 1.29 is 13.2 Å². The number of amides is 1. The molecule has 4 aromatic rings. The quantitative estimate of drug-likeness (QED) is 0.488. The average Bonchev–Trinajstić information content (AvgIpc) is 3.27. The Morgan fingerprint density at radius 3 is 2.62 bits per heavy atom. The van der Waals surface area contributed by atoms with Crippen molar-refractivity contribution in [3.63, 3.8) is 0 Å². The van der Waals surface area contributed by atoms with Gasteiger partial charge in [0.05, 0.1) is 21.8 Å². The summed E-state index contributed by atoms with van der Waals surface area (Å²) in [5.41, 5.74) is 2.72. The van der Waals surface area contributed by atoms with Gasteiger partial charge in [-0.15, -0.1) is 0 Å². The molecule has 2 heterocycles. The van der Waals surface area contributed by atoms with Crippen LogP contribution in [0.1, 0.15) is 10.4 Å². The number of carbonyl (C=O) groups is 1. The van der Waals surface area contributed by atoms with E-state index in [2.05, 4.69) is 14.2 Å². The lowest BCUT2D eigenvalue weighted by Gasteiger charge is -2.14. The van der Waals surface area contributed by atoms with Crippen molar-refractivity contribution in [1.29, 1.82) is 0 Å². The van der Waals surface area contributed by atoms with Crippen molar-refractivity contribution in [1.82, 2.24) is 9.47 Å². The second-order valence-corrected chi connectivity index (χ2v) is 10.0. The molecule has 0 bridgehead atoms. The van der Waals surface area contributed by atoms with E-state index in [9.17, 15) is 13.2 Å². The Balaban J connectivity index is 1.54. The first-order chi connectivity index (χ1) is 15.3. The summed E-state index contributed by atoms with van der Waals surface area (Å²) in [4.78, 5) is 16.3. The maximum atomic E-state index is 13.4. The Hall–Kier alpha value is -3.36. The van der Waals surface area contributed by atoms with E-state index < -0.39 is 10.0 Å². The lowest BCUT2D eigenvalue weighted by atomic mass is 10.1. The maximum Gasteiger partial charge on any atom is 0.262 e. The molecule has 1 aliphatic heterocycles. The van der Waals surface area contributed by atoms with Crippen LogP contribution in [-0.4, -0.2) is 51.5 Å². The number of nitrogens with one attached hydrogen (secondary N) is 1. The maximum absolute atomic E-state index is 13.4. The molecule has 1 amide bonds. The van der Waals surface area contributed by atoms with E-state index in [4.69, 9.17) is 0 Å². The highest BCUT2D eigenvalue weighted by atomic mass is 32.2. The van der Waals surface area contributed by atoms with Crippen LogP contribution in [0.5, 0.6) is 0 Å². The number of fused-ring (bicyclic) bond motifs is 1. The van der Waals surface area contributed by atoms with Crippen LogP contribution in [0.2, 0.25) is 0 Å². The molecule has 1 aliphatic rings. The first kappa shape index (κ1) is 20.5. The third kappa shape index (κ3) is 3.23. The van der Waals surface area contributed by atoms with Gasteiger partial charge in [-0.3, -0.25) is 9.52 Å². The Kier molecular flexibility index (Phi) is 4.72. The number of anilines is 2. The van der Waals surface area contributed by atoms with Crippen LogP contribution in [0.25, 0.3) is 21.7 Å². The molecule has 0 radical (unpaired) electrons. The fourth-order valence-electron chi connectivity index (χ4n) is 4.30. The number of sulfonamides is 1. The minimum Gasteiger partial charge on any atom is -0.346 e. The molecular formula is C24H24N4O3S. The van der Waals surface area contributed by atoms with E-state index in [0.29, 0.717) is 22.0 Å². The van der Waals surface area contributed by atoms with Crippen molar-refractivity contribution in [3.8, 4) is 0 Å². The monoisotopic (exact) mass is 448 g/mol. The van der Waals surface area contributed by atoms with Gasteiger partial charge in [0.25, 0.3) is 15.9 Å². The molecule has 0 saturated carbocycles. The average molecular weight is 449 g/mol. The summed E-state index contributed by atoms with van der Waals surface area (Å²) in [6, 6.07) is 16.0. The smallest absolute Gasteiger partial charge is 0.262 e. The molecule has 8 heteroatoms. The first-order valence-corrected chi connectivity index (χ1v) is 11.8. The molecule has 1 aromatic heterocycles. The van der Waals surface area contributed by atoms with Gasteiger partial charge in [-0.1, -0.05) is 18.2 Å². The molecule has 164 valence electrons. The molecular weight excluding hydrogens is 424 g/mol. The number of nitrogens with zero attached hydrogens (tertiary/aromatic N) is 3. The van der Waals surface area contributed by atoms with Gasteiger partial charge in [0, 0.05) is 42.7 Å². The minimum atomic E-state index is -3.87. The number of rotatable bonds is 6. The van der Waals surface area contributed by atoms with Gasteiger partial charge >= 0.3 is 0 Å². The highest BCUT2D eigenvalue weighted by Gasteiger charge is 2.30. The zero-order chi connectivity index (χ0) is 22.6. The summed E-state index contributed by atoms with van der Waals surface area (Å²) in [5.74, 6) is -0.128. The van der Waals surface area contributed by atoms with Gasteiger partial charge < -0.3 is 14.4 Å². The Morgan fingerprint density at radius 1 is 1.03 bits per heavy atom. The largest absolute Gasteiger partial charge is 0.346 e. The highest BCUT2D eigenvalue weighted by Crippen LogP contribution is 2.39.